The first-order valence-electron chi connectivity index (χ1n) is 8.57. The number of nitrogens with zero attached hydrogens (tertiary/aromatic N) is 1. The van der Waals surface area contributed by atoms with E-state index in [0.29, 0.717) is 11.4 Å². The molecule has 0 aliphatic carbocycles. The third-order valence-corrected chi connectivity index (χ3v) is 5.85. The van der Waals surface area contributed by atoms with Gasteiger partial charge in [0.2, 0.25) is 10.0 Å². The number of anilines is 2. The standard InChI is InChI=1S/C20H19N3O5S/c1-23(2)29(26,27)15-8-5-7-14(13-15)21-19(24)16-9-3-4-10-17(16)22-20(25)18-11-6-12-28-18/h3-13H,1-2H3,(H,21,24)(H,22,25). The summed E-state index contributed by atoms with van der Waals surface area (Å²) in [6, 6.07) is 15.5. The van der Waals surface area contributed by atoms with Crippen molar-refractivity contribution in [3.8, 4) is 0 Å². The molecule has 150 valence electrons. The normalized spacial score (nSPS) is 11.3. The Morgan fingerprint density at radius 3 is 2.34 bits per heavy atom. The Morgan fingerprint density at radius 1 is 0.897 bits per heavy atom. The van der Waals surface area contributed by atoms with Gasteiger partial charge in [-0.1, -0.05) is 18.2 Å². The SMILES string of the molecule is CN(C)S(=O)(=O)c1cccc(NC(=O)c2ccccc2NC(=O)c2ccco2)c1. The van der Waals surface area contributed by atoms with E-state index in [-0.39, 0.29) is 16.2 Å². The fourth-order valence-corrected chi connectivity index (χ4v) is 3.47. The van der Waals surface area contributed by atoms with Crippen LogP contribution in [0.15, 0.2) is 76.2 Å². The average molecular weight is 413 g/mol. The van der Waals surface area contributed by atoms with Crippen molar-refractivity contribution in [3.05, 3.63) is 78.3 Å². The maximum Gasteiger partial charge on any atom is 0.291 e. The molecule has 9 heteroatoms. The first kappa shape index (κ1) is 20.3. The summed E-state index contributed by atoms with van der Waals surface area (Å²) in [6.45, 7) is 0. The first-order chi connectivity index (χ1) is 13.8. The van der Waals surface area contributed by atoms with Gasteiger partial charge in [0.15, 0.2) is 5.76 Å². The van der Waals surface area contributed by atoms with E-state index >= 15 is 0 Å². The van der Waals surface area contributed by atoms with Crippen molar-refractivity contribution in [2.75, 3.05) is 24.7 Å². The summed E-state index contributed by atoms with van der Waals surface area (Å²) in [5.41, 5.74) is 0.821. The summed E-state index contributed by atoms with van der Waals surface area (Å²) < 4.78 is 30.7. The molecule has 0 spiro atoms. The van der Waals surface area contributed by atoms with Crippen LogP contribution in [0, 0.1) is 0 Å². The van der Waals surface area contributed by atoms with E-state index in [1.54, 1.807) is 36.4 Å². The monoisotopic (exact) mass is 413 g/mol. The zero-order valence-electron chi connectivity index (χ0n) is 15.7. The third kappa shape index (κ3) is 4.53. The molecule has 3 rings (SSSR count). The summed E-state index contributed by atoms with van der Waals surface area (Å²) in [4.78, 5) is 25.0. The van der Waals surface area contributed by atoms with E-state index < -0.39 is 21.8 Å². The number of para-hydroxylation sites is 1. The minimum atomic E-state index is -3.63. The number of benzene rings is 2. The highest BCUT2D eigenvalue weighted by Crippen LogP contribution is 2.21. The van der Waals surface area contributed by atoms with Gasteiger partial charge in [0.25, 0.3) is 11.8 Å². The highest BCUT2D eigenvalue weighted by Gasteiger charge is 2.19. The minimum absolute atomic E-state index is 0.0553. The molecule has 0 radical (unpaired) electrons. The molecule has 2 amide bonds. The van der Waals surface area contributed by atoms with Crippen molar-refractivity contribution in [3.63, 3.8) is 0 Å². The molecule has 2 aromatic carbocycles. The van der Waals surface area contributed by atoms with Gasteiger partial charge in [-0.25, -0.2) is 12.7 Å². The Labute approximate surface area is 168 Å². The second-order valence-corrected chi connectivity index (χ2v) is 8.40. The summed E-state index contributed by atoms with van der Waals surface area (Å²) in [5, 5.41) is 5.30. The molecule has 0 bridgehead atoms. The second kappa shape index (κ2) is 8.29. The minimum Gasteiger partial charge on any atom is -0.459 e. The number of nitrogens with one attached hydrogen (secondary N) is 2. The Morgan fingerprint density at radius 2 is 1.66 bits per heavy atom. The van der Waals surface area contributed by atoms with Crippen LogP contribution in [0.3, 0.4) is 0 Å². The van der Waals surface area contributed by atoms with E-state index in [9.17, 15) is 18.0 Å². The van der Waals surface area contributed by atoms with Crippen LogP contribution < -0.4 is 10.6 Å². The van der Waals surface area contributed by atoms with Crippen LogP contribution >= 0.6 is 0 Å². The third-order valence-electron chi connectivity index (χ3n) is 4.04. The molecule has 1 heterocycles. The summed E-state index contributed by atoms with van der Waals surface area (Å²) in [7, 11) is -0.776. The molecule has 0 saturated carbocycles. The van der Waals surface area contributed by atoms with E-state index in [4.69, 9.17) is 4.42 Å². The zero-order valence-corrected chi connectivity index (χ0v) is 16.6. The maximum absolute atomic E-state index is 12.8. The van der Waals surface area contributed by atoms with Gasteiger partial charge < -0.3 is 15.1 Å². The van der Waals surface area contributed by atoms with E-state index in [1.807, 2.05) is 0 Å². The molecule has 1 aromatic heterocycles. The highest BCUT2D eigenvalue weighted by atomic mass is 32.2. The molecule has 8 nitrogen and oxygen atoms in total. The summed E-state index contributed by atoms with van der Waals surface area (Å²) >= 11 is 0. The fraction of sp³-hybridized carbons (Fsp3) is 0.100. The topological polar surface area (TPSA) is 109 Å². The van der Waals surface area contributed by atoms with Gasteiger partial charge in [-0.2, -0.15) is 0 Å². The number of amides is 2. The number of rotatable bonds is 6. The van der Waals surface area contributed by atoms with Crippen LogP contribution in [0.4, 0.5) is 11.4 Å². The van der Waals surface area contributed by atoms with Crippen molar-refractivity contribution in [2.24, 2.45) is 0 Å². The van der Waals surface area contributed by atoms with Crippen molar-refractivity contribution in [2.45, 2.75) is 4.90 Å². The zero-order chi connectivity index (χ0) is 21.0. The quantitative estimate of drug-likeness (QED) is 0.646. The Hall–Kier alpha value is -3.43. The van der Waals surface area contributed by atoms with E-state index in [0.717, 1.165) is 4.31 Å². The van der Waals surface area contributed by atoms with Crippen molar-refractivity contribution >= 4 is 33.2 Å². The second-order valence-electron chi connectivity index (χ2n) is 6.25. The first-order valence-corrected chi connectivity index (χ1v) is 10.0. The lowest BCUT2D eigenvalue weighted by Gasteiger charge is -2.14. The Kier molecular flexibility index (Phi) is 5.81. The molecule has 0 saturated heterocycles. The van der Waals surface area contributed by atoms with E-state index in [1.165, 1.54) is 44.6 Å². The molecule has 0 aliphatic heterocycles. The molecular weight excluding hydrogens is 394 g/mol. The Bertz CT molecular complexity index is 1140. The van der Waals surface area contributed by atoms with Gasteiger partial charge >= 0.3 is 0 Å². The number of hydrogen-bond acceptors (Lipinski definition) is 5. The smallest absolute Gasteiger partial charge is 0.291 e. The van der Waals surface area contributed by atoms with Gasteiger partial charge in [-0.05, 0) is 42.5 Å². The number of hydrogen-bond donors (Lipinski definition) is 2. The van der Waals surface area contributed by atoms with Crippen LogP contribution in [0.1, 0.15) is 20.9 Å². The number of sulfonamides is 1. The van der Waals surface area contributed by atoms with Crippen LogP contribution in [0.5, 0.6) is 0 Å². The predicted octanol–water partition coefficient (Wildman–Crippen LogP) is 3.03. The molecule has 29 heavy (non-hydrogen) atoms. The average Bonchev–Trinajstić information content (AvgIpc) is 3.23. The maximum atomic E-state index is 12.8. The predicted molar refractivity (Wildman–Crippen MR) is 108 cm³/mol. The number of furan rings is 1. The van der Waals surface area contributed by atoms with Gasteiger partial charge in [-0.15, -0.1) is 0 Å². The van der Waals surface area contributed by atoms with Gasteiger partial charge in [0.05, 0.1) is 22.4 Å². The van der Waals surface area contributed by atoms with Crippen LogP contribution in [-0.4, -0.2) is 38.6 Å². The summed E-state index contributed by atoms with van der Waals surface area (Å²) in [5.74, 6) is -0.879. The lowest BCUT2D eigenvalue weighted by molar-refractivity contribution is 0.0996. The van der Waals surface area contributed by atoms with Gasteiger partial charge in [0, 0.05) is 19.8 Å². The van der Waals surface area contributed by atoms with Crippen LogP contribution in [-0.2, 0) is 10.0 Å². The number of carbonyl (C=O) groups is 2. The lowest BCUT2D eigenvalue weighted by Crippen LogP contribution is -2.22. The molecule has 3 aromatic rings. The summed E-state index contributed by atoms with van der Waals surface area (Å²) in [6.07, 6.45) is 1.38. The van der Waals surface area contributed by atoms with Crippen LogP contribution in [0.25, 0.3) is 0 Å². The molecular formula is C20H19N3O5S. The van der Waals surface area contributed by atoms with Gasteiger partial charge in [0.1, 0.15) is 0 Å². The van der Waals surface area contributed by atoms with Crippen molar-refractivity contribution in [1.82, 2.24) is 4.31 Å². The molecule has 0 fully saturated rings. The molecule has 0 unspecified atom stereocenters. The van der Waals surface area contributed by atoms with Crippen molar-refractivity contribution < 1.29 is 22.4 Å². The molecule has 0 atom stereocenters. The van der Waals surface area contributed by atoms with Gasteiger partial charge in [-0.3, -0.25) is 9.59 Å². The largest absolute Gasteiger partial charge is 0.459 e. The molecule has 2 N–H and O–H groups in total. The van der Waals surface area contributed by atoms with Crippen LogP contribution in [0.2, 0.25) is 0 Å². The van der Waals surface area contributed by atoms with Crippen molar-refractivity contribution in [1.29, 1.82) is 0 Å². The highest BCUT2D eigenvalue weighted by molar-refractivity contribution is 7.89. The Balaban J connectivity index is 1.83. The molecule has 0 aliphatic rings. The lowest BCUT2D eigenvalue weighted by atomic mass is 10.1. The number of carbonyl (C=O) groups excluding carboxylic acids is 2. The fourth-order valence-electron chi connectivity index (χ4n) is 2.53. The van der Waals surface area contributed by atoms with E-state index in [2.05, 4.69) is 10.6 Å².